The molecule has 0 radical (unpaired) electrons. The maximum absolute atomic E-state index is 13.5. The number of nitrogens with zero attached hydrogens (tertiary/aromatic N) is 2. The number of nitrogens with one attached hydrogen (secondary N) is 1. The van der Waals surface area contributed by atoms with Crippen molar-refractivity contribution in [3.8, 4) is 11.3 Å². The number of hydrogen-bond acceptors (Lipinski definition) is 4. The van der Waals surface area contributed by atoms with Crippen LogP contribution >= 0.6 is 0 Å². The van der Waals surface area contributed by atoms with Crippen LogP contribution < -0.4 is 10.2 Å². The van der Waals surface area contributed by atoms with Crippen LogP contribution in [0, 0.1) is 12.7 Å². The lowest BCUT2D eigenvalue weighted by molar-refractivity contribution is 0.0953. The molecule has 0 spiro atoms. The van der Waals surface area contributed by atoms with E-state index in [0.717, 1.165) is 18.7 Å². The Kier molecular flexibility index (Phi) is 5.86. The van der Waals surface area contributed by atoms with Gasteiger partial charge in [-0.2, -0.15) is 0 Å². The fourth-order valence-corrected chi connectivity index (χ4v) is 2.88. The summed E-state index contributed by atoms with van der Waals surface area (Å²) in [5.41, 5.74) is 2.45. The van der Waals surface area contributed by atoms with Crippen molar-refractivity contribution in [3.63, 3.8) is 0 Å². The maximum Gasteiger partial charge on any atom is 0.257 e. The molecule has 0 aliphatic rings. The van der Waals surface area contributed by atoms with Crippen molar-refractivity contribution in [2.24, 2.45) is 0 Å². The molecular weight excluding hydrogens is 345 g/mol. The summed E-state index contributed by atoms with van der Waals surface area (Å²) in [5, 5.41) is 6.77. The summed E-state index contributed by atoms with van der Waals surface area (Å²) in [6.07, 6.45) is 0.788. The van der Waals surface area contributed by atoms with Gasteiger partial charge in [-0.3, -0.25) is 4.79 Å². The van der Waals surface area contributed by atoms with Gasteiger partial charge in [0.15, 0.2) is 5.76 Å². The van der Waals surface area contributed by atoms with Crippen molar-refractivity contribution in [1.29, 1.82) is 0 Å². The summed E-state index contributed by atoms with van der Waals surface area (Å²) >= 11 is 0. The minimum atomic E-state index is -0.392. The summed E-state index contributed by atoms with van der Waals surface area (Å²) in [7, 11) is 2.02. The number of halogens is 1. The van der Waals surface area contributed by atoms with Crippen LogP contribution in [0.15, 0.2) is 59.1 Å². The molecule has 3 aromatic rings. The number of para-hydroxylation sites is 1. The fraction of sp³-hybridized carbons (Fsp3) is 0.238. The largest absolute Gasteiger partial charge is 0.375 e. The molecule has 0 saturated carbocycles. The minimum Gasteiger partial charge on any atom is -0.375 e. The van der Waals surface area contributed by atoms with E-state index in [1.54, 1.807) is 19.1 Å². The van der Waals surface area contributed by atoms with Crippen LogP contribution in [-0.2, 0) is 0 Å². The number of aromatic nitrogens is 1. The molecule has 3 rings (SSSR count). The second kappa shape index (κ2) is 8.49. The zero-order valence-corrected chi connectivity index (χ0v) is 15.4. The van der Waals surface area contributed by atoms with Crippen LogP contribution in [-0.4, -0.2) is 31.2 Å². The lowest BCUT2D eigenvalue weighted by atomic mass is 10.1. The fourth-order valence-electron chi connectivity index (χ4n) is 2.88. The first-order valence-corrected chi connectivity index (χ1v) is 8.83. The van der Waals surface area contributed by atoms with Crippen molar-refractivity contribution in [2.75, 3.05) is 25.0 Å². The molecule has 5 nitrogen and oxygen atoms in total. The van der Waals surface area contributed by atoms with Gasteiger partial charge >= 0.3 is 0 Å². The molecule has 6 heteroatoms. The van der Waals surface area contributed by atoms with Gasteiger partial charge < -0.3 is 14.7 Å². The predicted molar refractivity (Wildman–Crippen MR) is 103 cm³/mol. The molecule has 0 unspecified atom stereocenters. The molecule has 0 aliphatic carbocycles. The number of aryl methyl sites for hydroxylation is 1. The molecule has 0 saturated heterocycles. The standard InChI is InChI=1S/C21H22FN3O2/c1-15-19(20(27-24-15)16-8-6-9-17(22)14-16)21(26)23-12-7-13-25(2)18-10-4-3-5-11-18/h3-6,8-11,14H,7,12-13H2,1-2H3,(H,23,26). The van der Waals surface area contributed by atoms with Crippen molar-refractivity contribution in [1.82, 2.24) is 10.5 Å². The van der Waals surface area contributed by atoms with E-state index in [1.165, 1.54) is 12.1 Å². The highest BCUT2D eigenvalue weighted by atomic mass is 19.1. The van der Waals surface area contributed by atoms with Gasteiger partial charge in [-0.05, 0) is 37.6 Å². The van der Waals surface area contributed by atoms with Crippen LogP contribution in [0.5, 0.6) is 0 Å². The van der Waals surface area contributed by atoms with Crippen molar-refractivity contribution in [3.05, 3.63) is 71.7 Å². The van der Waals surface area contributed by atoms with Gasteiger partial charge in [0.1, 0.15) is 11.4 Å². The molecule has 1 N–H and O–H groups in total. The van der Waals surface area contributed by atoms with E-state index in [-0.39, 0.29) is 11.7 Å². The van der Waals surface area contributed by atoms with E-state index in [9.17, 15) is 9.18 Å². The molecular formula is C21H22FN3O2. The predicted octanol–water partition coefficient (Wildman–Crippen LogP) is 4.05. The molecule has 1 aromatic heterocycles. The van der Waals surface area contributed by atoms with E-state index in [2.05, 4.69) is 15.4 Å². The number of anilines is 1. The van der Waals surface area contributed by atoms with Gasteiger partial charge in [-0.1, -0.05) is 35.5 Å². The van der Waals surface area contributed by atoms with E-state index in [1.807, 2.05) is 37.4 Å². The molecule has 140 valence electrons. The van der Waals surface area contributed by atoms with Crippen LogP contribution in [0.3, 0.4) is 0 Å². The Morgan fingerprint density at radius 2 is 1.96 bits per heavy atom. The zero-order valence-electron chi connectivity index (χ0n) is 15.4. The second-order valence-electron chi connectivity index (χ2n) is 6.35. The number of rotatable bonds is 7. The highest BCUT2D eigenvalue weighted by Crippen LogP contribution is 2.26. The Bertz CT molecular complexity index is 909. The van der Waals surface area contributed by atoms with E-state index < -0.39 is 5.82 Å². The van der Waals surface area contributed by atoms with Crippen LogP contribution in [0.4, 0.5) is 10.1 Å². The van der Waals surface area contributed by atoms with Gasteiger partial charge in [0, 0.05) is 31.4 Å². The third-order valence-corrected chi connectivity index (χ3v) is 4.33. The maximum atomic E-state index is 13.5. The number of amides is 1. The summed E-state index contributed by atoms with van der Waals surface area (Å²) < 4.78 is 18.8. The number of hydrogen-bond donors (Lipinski definition) is 1. The summed E-state index contributed by atoms with van der Waals surface area (Å²) in [5.74, 6) is -0.377. The average molecular weight is 367 g/mol. The van der Waals surface area contributed by atoms with Gasteiger partial charge in [0.05, 0.1) is 5.69 Å². The molecule has 1 amide bonds. The Balaban J connectivity index is 1.60. The molecule has 0 atom stereocenters. The molecule has 0 fully saturated rings. The molecule has 2 aromatic carbocycles. The molecule has 27 heavy (non-hydrogen) atoms. The number of benzene rings is 2. The third-order valence-electron chi connectivity index (χ3n) is 4.33. The zero-order chi connectivity index (χ0) is 19.2. The smallest absolute Gasteiger partial charge is 0.257 e. The Labute approximate surface area is 157 Å². The Hall–Kier alpha value is -3.15. The molecule has 1 heterocycles. The first-order valence-electron chi connectivity index (χ1n) is 8.83. The van der Waals surface area contributed by atoms with Crippen molar-refractivity contribution >= 4 is 11.6 Å². The second-order valence-corrected chi connectivity index (χ2v) is 6.35. The van der Waals surface area contributed by atoms with E-state index >= 15 is 0 Å². The monoisotopic (exact) mass is 367 g/mol. The Morgan fingerprint density at radius 1 is 1.19 bits per heavy atom. The van der Waals surface area contributed by atoms with Gasteiger partial charge in [-0.15, -0.1) is 0 Å². The SMILES string of the molecule is Cc1noc(-c2cccc(F)c2)c1C(=O)NCCCN(C)c1ccccc1. The lowest BCUT2D eigenvalue weighted by Gasteiger charge is -2.19. The quantitative estimate of drug-likeness (QED) is 0.640. The number of carbonyl (C=O) groups excluding carboxylic acids is 1. The van der Waals surface area contributed by atoms with Crippen molar-refractivity contribution < 1.29 is 13.7 Å². The highest BCUT2D eigenvalue weighted by molar-refractivity contribution is 6.00. The first kappa shape index (κ1) is 18.6. The van der Waals surface area contributed by atoms with E-state index in [0.29, 0.717) is 23.4 Å². The number of carbonyl (C=O) groups is 1. The topological polar surface area (TPSA) is 58.4 Å². The van der Waals surface area contributed by atoms with Gasteiger partial charge in [0.25, 0.3) is 5.91 Å². The first-order chi connectivity index (χ1) is 13.1. The summed E-state index contributed by atoms with van der Waals surface area (Å²) in [6, 6.07) is 16.0. The highest BCUT2D eigenvalue weighted by Gasteiger charge is 2.21. The third kappa shape index (κ3) is 4.53. The van der Waals surface area contributed by atoms with Gasteiger partial charge in [0.2, 0.25) is 0 Å². The van der Waals surface area contributed by atoms with Crippen LogP contribution in [0.25, 0.3) is 11.3 Å². The normalized spacial score (nSPS) is 10.6. The molecule has 0 bridgehead atoms. The summed E-state index contributed by atoms with van der Waals surface area (Å²) in [6.45, 7) is 3.03. The molecule has 0 aliphatic heterocycles. The van der Waals surface area contributed by atoms with Crippen LogP contribution in [0.2, 0.25) is 0 Å². The summed E-state index contributed by atoms with van der Waals surface area (Å²) in [4.78, 5) is 14.7. The van der Waals surface area contributed by atoms with Crippen molar-refractivity contribution in [2.45, 2.75) is 13.3 Å². The van der Waals surface area contributed by atoms with Crippen LogP contribution in [0.1, 0.15) is 22.5 Å². The lowest BCUT2D eigenvalue weighted by Crippen LogP contribution is -2.28. The average Bonchev–Trinajstić information content (AvgIpc) is 3.07. The minimum absolute atomic E-state index is 0.268. The Morgan fingerprint density at radius 3 is 2.70 bits per heavy atom. The van der Waals surface area contributed by atoms with E-state index in [4.69, 9.17) is 4.52 Å². The van der Waals surface area contributed by atoms with Gasteiger partial charge in [-0.25, -0.2) is 4.39 Å².